The van der Waals surface area contributed by atoms with E-state index in [-0.39, 0.29) is 10.0 Å². The van der Waals surface area contributed by atoms with Crippen molar-refractivity contribution in [1.82, 2.24) is 9.29 Å². The van der Waals surface area contributed by atoms with E-state index < -0.39 is 21.8 Å². The van der Waals surface area contributed by atoms with Gasteiger partial charge in [-0.2, -0.15) is 4.72 Å². The van der Waals surface area contributed by atoms with Crippen LogP contribution in [-0.2, 0) is 21.9 Å². The molecule has 1 saturated heterocycles. The zero-order valence-corrected chi connectivity index (χ0v) is 12.7. The summed E-state index contributed by atoms with van der Waals surface area (Å²) in [6.45, 7) is 0. The first-order valence-electron chi connectivity index (χ1n) is 6.17. The van der Waals surface area contributed by atoms with Gasteiger partial charge in [-0.05, 0) is 24.6 Å². The lowest BCUT2D eigenvalue weighted by Gasteiger charge is -2.11. The summed E-state index contributed by atoms with van der Waals surface area (Å²) in [6.07, 6.45) is 0.481. The number of aryl methyl sites for hydroxylation is 1. The minimum absolute atomic E-state index is 0.00361. The summed E-state index contributed by atoms with van der Waals surface area (Å²) < 4.78 is 33.2. The predicted molar refractivity (Wildman–Crippen MR) is 77.6 cm³/mol. The molecule has 3 rings (SSSR count). The van der Waals surface area contributed by atoms with Gasteiger partial charge in [0.2, 0.25) is 15.1 Å². The maximum Gasteiger partial charge on any atom is 0.419 e. The highest BCUT2D eigenvalue weighted by Gasteiger charge is 2.30. The molecule has 0 radical (unpaired) electrons. The second kappa shape index (κ2) is 5.00. The molecule has 1 N–H and O–H groups in total. The Balaban J connectivity index is 2.00. The van der Waals surface area contributed by atoms with Crippen molar-refractivity contribution in [2.75, 3.05) is 5.75 Å². The first-order chi connectivity index (χ1) is 9.88. The number of carbonyl (C=O) groups is 1. The van der Waals surface area contributed by atoms with Crippen LogP contribution in [0.15, 0.2) is 32.3 Å². The molecule has 9 heteroatoms. The number of thioether (sulfide) groups is 1. The van der Waals surface area contributed by atoms with Gasteiger partial charge in [0.25, 0.3) is 0 Å². The minimum Gasteiger partial charge on any atom is -0.408 e. The quantitative estimate of drug-likeness (QED) is 0.878. The van der Waals surface area contributed by atoms with E-state index in [0.717, 1.165) is 11.8 Å². The van der Waals surface area contributed by atoms with Crippen molar-refractivity contribution < 1.29 is 17.6 Å². The molecule has 1 aliphatic rings. The topological polar surface area (TPSA) is 98.4 Å². The number of carbonyl (C=O) groups excluding carboxylic acids is 1. The monoisotopic (exact) mass is 328 g/mol. The molecule has 1 aromatic heterocycles. The van der Waals surface area contributed by atoms with E-state index in [1.165, 1.54) is 29.8 Å². The molecule has 1 aromatic carbocycles. The molecular formula is C12H12N2O5S2. The average molecular weight is 328 g/mol. The Morgan fingerprint density at radius 2 is 2.14 bits per heavy atom. The first-order valence-corrected chi connectivity index (χ1v) is 8.64. The molecule has 1 atom stereocenters. The van der Waals surface area contributed by atoms with Crippen LogP contribution >= 0.6 is 11.8 Å². The first kappa shape index (κ1) is 14.4. The molecule has 7 nitrogen and oxygen atoms in total. The van der Waals surface area contributed by atoms with E-state index in [2.05, 4.69) is 4.72 Å². The Hall–Kier alpha value is -1.58. The van der Waals surface area contributed by atoms with Gasteiger partial charge in [0, 0.05) is 12.8 Å². The number of benzene rings is 1. The van der Waals surface area contributed by atoms with Crippen molar-refractivity contribution in [2.45, 2.75) is 17.4 Å². The lowest BCUT2D eigenvalue weighted by molar-refractivity contribution is -0.111. The molecule has 1 fully saturated rings. The third-order valence-corrected chi connectivity index (χ3v) is 5.78. The van der Waals surface area contributed by atoms with E-state index in [1.807, 2.05) is 0 Å². The highest BCUT2D eigenvalue weighted by molar-refractivity contribution is 8.14. The van der Waals surface area contributed by atoms with Crippen LogP contribution in [0.3, 0.4) is 0 Å². The number of nitrogens with one attached hydrogen (secondary N) is 1. The number of aromatic nitrogens is 1. The molecule has 2 aromatic rings. The summed E-state index contributed by atoms with van der Waals surface area (Å²) in [7, 11) is -2.32. The van der Waals surface area contributed by atoms with Crippen LogP contribution in [0.1, 0.15) is 6.42 Å². The number of nitrogens with zero attached hydrogens (tertiary/aromatic N) is 1. The van der Waals surface area contributed by atoms with Crippen molar-refractivity contribution in [2.24, 2.45) is 7.05 Å². The van der Waals surface area contributed by atoms with Gasteiger partial charge in [-0.15, -0.1) is 0 Å². The number of hydrogen-bond acceptors (Lipinski definition) is 6. The van der Waals surface area contributed by atoms with Crippen LogP contribution in [0.2, 0.25) is 0 Å². The lowest BCUT2D eigenvalue weighted by atomic mass is 10.3. The second-order valence-electron chi connectivity index (χ2n) is 4.69. The fourth-order valence-corrected chi connectivity index (χ4v) is 4.39. The van der Waals surface area contributed by atoms with Crippen molar-refractivity contribution in [3.8, 4) is 0 Å². The smallest absolute Gasteiger partial charge is 0.408 e. The van der Waals surface area contributed by atoms with E-state index in [4.69, 9.17) is 4.42 Å². The number of oxazole rings is 1. The third kappa shape index (κ3) is 2.52. The highest BCUT2D eigenvalue weighted by Crippen LogP contribution is 2.23. The van der Waals surface area contributed by atoms with Gasteiger partial charge in [-0.3, -0.25) is 9.36 Å². The summed E-state index contributed by atoms with van der Waals surface area (Å²) in [4.78, 5) is 22.9. The summed E-state index contributed by atoms with van der Waals surface area (Å²) in [5, 5.41) is -0.171. The minimum atomic E-state index is -3.82. The van der Waals surface area contributed by atoms with Gasteiger partial charge in [0.05, 0.1) is 16.5 Å². The van der Waals surface area contributed by atoms with Crippen LogP contribution < -0.4 is 10.5 Å². The summed E-state index contributed by atoms with van der Waals surface area (Å²) in [5.41, 5.74) is 0.698. The van der Waals surface area contributed by atoms with Gasteiger partial charge < -0.3 is 4.42 Å². The van der Waals surface area contributed by atoms with Crippen LogP contribution in [0.25, 0.3) is 11.1 Å². The van der Waals surface area contributed by atoms with Crippen molar-refractivity contribution in [1.29, 1.82) is 0 Å². The van der Waals surface area contributed by atoms with Gasteiger partial charge in [0.1, 0.15) is 0 Å². The van der Waals surface area contributed by atoms with E-state index in [9.17, 15) is 18.0 Å². The van der Waals surface area contributed by atoms with Crippen molar-refractivity contribution >= 4 is 38.0 Å². The normalized spacial score (nSPS) is 19.5. The van der Waals surface area contributed by atoms with Gasteiger partial charge in [0.15, 0.2) is 5.58 Å². The van der Waals surface area contributed by atoms with Crippen molar-refractivity contribution in [3.05, 3.63) is 28.7 Å². The summed E-state index contributed by atoms with van der Waals surface area (Å²) >= 11 is 1.12. The Morgan fingerprint density at radius 3 is 2.81 bits per heavy atom. The number of sulfonamides is 1. The molecule has 1 aliphatic heterocycles. The third-order valence-electron chi connectivity index (χ3n) is 3.31. The molecule has 112 valence electrons. The van der Waals surface area contributed by atoms with E-state index in [0.29, 0.717) is 23.3 Å². The highest BCUT2D eigenvalue weighted by atomic mass is 32.2. The zero-order valence-electron chi connectivity index (χ0n) is 11.0. The molecular weight excluding hydrogens is 316 g/mol. The molecule has 0 saturated carbocycles. The predicted octanol–water partition coefficient (Wildman–Crippen LogP) is 0.442. The van der Waals surface area contributed by atoms with Crippen molar-refractivity contribution in [3.63, 3.8) is 0 Å². The Morgan fingerprint density at radius 1 is 1.38 bits per heavy atom. The van der Waals surface area contributed by atoms with E-state index in [1.54, 1.807) is 0 Å². The number of rotatable bonds is 3. The average Bonchev–Trinajstić information content (AvgIpc) is 2.94. The van der Waals surface area contributed by atoms with Crippen LogP contribution in [0.5, 0.6) is 0 Å². The molecule has 21 heavy (non-hydrogen) atoms. The lowest BCUT2D eigenvalue weighted by Crippen LogP contribution is -2.37. The number of hydrogen-bond donors (Lipinski definition) is 1. The summed E-state index contributed by atoms with van der Waals surface area (Å²) in [6, 6.07) is 3.44. The maximum atomic E-state index is 12.3. The maximum absolute atomic E-state index is 12.3. The molecule has 0 aliphatic carbocycles. The fraction of sp³-hybridized carbons (Fsp3) is 0.333. The fourth-order valence-electron chi connectivity index (χ4n) is 2.13. The molecule has 0 spiro atoms. The van der Waals surface area contributed by atoms with Crippen LogP contribution in [0.4, 0.5) is 0 Å². The second-order valence-corrected chi connectivity index (χ2v) is 7.50. The zero-order chi connectivity index (χ0) is 15.2. The van der Waals surface area contributed by atoms with Gasteiger partial charge in [-0.25, -0.2) is 13.2 Å². The number of fused-ring (bicyclic) bond motifs is 1. The Labute approximate surface area is 124 Å². The Bertz CT molecular complexity index is 881. The van der Waals surface area contributed by atoms with Crippen LogP contribution in [-0.4, -0.2) is 29.9 Å². The Kier molecular flexibility index (Phi) is 3.42. The molecule has 2 heterocycles. The van der Waals surface area contributed by atoms with Gasteiger partial charge >= 0.3 is 5.76 Å². The molecule has 0 unspecified atom stereocenters. The van der Waals surface area contributed by atoms with Crippen LogP contribution in [0, 0.1) is 0 Å². The largest absolute Gasteiger partial charge is 0.419 e. The summed E-state index contributed by atoms with van der Waals surface area (Å²) in [5.74, 6) is 0.0521. The van der Waals surface area contributed by atoms with Gasteiger partial charge in [-0.1, -0.05) is 11.8 Å². The molecule has 0 amide bonds. The molecule has 0 bridgehead atoms. The SMILES string of the molecule is Cn1c(=O)oc2ccc(S(=O)(=O)N[C@H]3CCSC3=O)cc21. The standard InChI is InChI=1S/C12H12N2O5S2/c1-14-9-6-7(2-3-10(9)19-12(14)16)21(17,18)13-8-4-5-20-11(8)15/h2-3,6,8,13H,4-5H2,1H3/t8-/m0/s1. The van der Waals surface area contributed by atoms with E-state index >= 15 is 0 Å².